The number of ether oxygens (including phenoxy) is 12. The molecule has 0 aromatic heterocycles. The second kappa shape index (κ2) is 45.0. The van der Waals surface area contributed by atoms with Crippen LogP contribution in [0.4, 0.5) is 0 Å². The number of esters is 1. The summed E-state index contributed by atoms with van der Waals surface area (Å²) in [6.45, 7) is 13.1. The second-order valence-corrected chi connectivity index (χ2v) is 13.1. The number of Topliss-reactive ketones (excluding diaryl/α,β-unsaturated/α-hetero) is 1. The minimum absolute atomic E-state index is 0.00182. The van der Waals surface area contributed by atoms with Gasteiger partial charge in [0.15, 0.2) is 0 Å². The average Bonchev–Trinajstić information content (AvgIpc) is 3.23. The minimum Gasteiger partial charge on any atom is -0.457 e. The Kier molecular flexibility index (Phi) is 41.8. The molecule has 0 fully saturated rings. The van der Waals surface area contributed by atoms with E-state index in [1.807, 2.05) is 0 Å². The van der Waals surface area contributed by atoms with Crippen LogP contribution in [0.3, 0.4) is 0 Å². The van der Waals surface area contributed by atoms with Gasteiger partial charge in [0.05, 0.1) is 139 Å². The lowest BCUT2D eigenvalue weighted by atomic mass is 10.1. The van der Waals surface area contributed by atoms with Crippen LogP contribution in [0, 0.1) is 0 Å². The zero-order chi connectivity index (χ0) is 40.8. The van der Waals surface area contributed by atoms with Gasteiger partial charge in [-0.05, 0) is 6.42 Å². The van der Waals surface area contributed by atoms with Crippen molar-refractivity contribution in [3.8, 4) is 0 Å². The van der Waals surface area contributed by atoms with Crippen molar-refractivity contribution in [2.45, 2.75) is 77.6 Å². The van der Waals surface area contributed by atoms with Crippen LogP contribution < -0.4 is 0 Å². The number of unbranched alkanes of at least 4 members (excludes halogenated alkanes) is 10. The molecule has 1 rings (SSSR count). The lowest BCUT2D eigenvalue weighted by Crippen LogP contribution is -2.20. The molecule has 0 spiro atoms. The highest BCUT2D eigenvalue weighted by Crippen LogP contribution is 2.11. The first-order valence-corrected chi connectivity index (χ1v) is 21.4. The van der Waals surface area contributed by atoms with E-state index in [1.165, 1.54) is 64.2 Å². The third-order valence-corrected chi connectivity index (χ3v) is 8.29. The van der Waals surface area contributed by atoms with Crippen molar-refractivity contribution in [2.75, 3.05) is 152 Å². The molecule has 0 atom stereocenters. The van der Waals surface area contributed by atoms with Crippen LogP contribution in [0.2, 0.25) is 0 Å². The summed E-state index contributed by atoms with van der Waals surface area (Å²) in [5.41, 5.74) is 0.297. The largest absolute Gasteiger partial charge is 0.457 e. The quantitative estimate of drug-likeness (QED) is 0.0333. The molecule has 0 unspecified atom stereocenters. The summed E-state index contributed by atoms with van der Waals surface area (Å²) >= 11 is 0. The molecule has 0 bridgehead atoms. The molecular formula is C43H76O14. The fourth-order valence-electron chi connectivity index (χ4n) is 5.14. The Labute approximate surface area is 343 Å². The van der Waals surface area contributed by atoms with Crippen molar-refractivity contribution in [1.29, 1.82) is 0 Å². The molecule has 0 aliphatic carbocycles. The van der Waals surface area contributed by atoms with Gasteiger partial charge in [0.2, 0.25) is 0 Å². The van der Waals surface area contributed by atoms with Gasteiger partial charge in [-0.2, -0.15) is 0 Å². The third kappa shape index (κ3) is 39.2. The van der Waals surface area contributed by atoms with E-state index in [4.69, 9.17) is 56.8 Å². The van der Waals surface area contributed by atoms with Crippen molar-refractivity contribution in [1.82, 2.24) is 0 Å². The molecule has 14 heteroatoms. The fraction of sp³-hybridized carbons (Fsp3) is 0.814. The Morgan fingerprint density at radius 1 is 0.333 bits per heavy atom. The summed E-state index contributed by atoms with van der Waals surface area (Å²) in [4.78, 5) is 23.7. The van der Waals surface area contributed by atoms with Crippen LogP contribution in [0.25, 0.3) is 0 Å². The first-order valence-electron chi connectivity index (χ1n) is 21.4. The molecule has 0 aliphatic rings. The van der Waals surface area contributed by atoms with Crippen molar-refractivity contribution < 1.29 is 66.4 Å². The van der Waals surface area contributed by atoms with E-state index >= 15 is 0 Å². The lowest BCUT2D eigenvalue weighted by molar-refractivity contribution is -0.139. The Balaban J connectivity index is 1.63. The van der Waals surface area contributed by atoms with Gasteiger partial charge in [-0.15, -0.1) is 0 Å². The highest BCUT2D eigenvalue weighted by atomic mass is 16.6. The van der Waals surface area contributed by atoms with Crippen LogP contribution in [0.15, 0.2) is 30.3 Å². The fourth-order valence-corrected chi connectivity index (χ4v) is 5.14. The van der Waals surface area contributed by atoms with Crippen LogP contribution in [-0.4, -0.2) is 164 Å². The molecular weight excluding hydrogens is 740 g/mol. The summed E-state index contributed by atoms with van der Waals surface area (Å²) in [5, 5.41) is 0. The van der Waals surface area contributed by atoms with Gasteiger partial charge in [0.1, 0.15) is 6.61 Å². The molecule has 0 saturated heterocycles. The maximum atomic E-state index is 11.9. The molecule has 14 nitrogen and oxygen atoms in total. The lowest BCUT2D eigenvalue weighted by Gasteiger charge is -2.09. The van der Waals surface area contributed by atoms with Gasteiger partial charge < -0.3 is 56.8 Å². The third-order valence-electron chi connectivity index (χ3n) is 8.29. The molecule has 0 radical (unpaired) electrons. The smallest absolute Gasteiger partial charge is 0.379 e. The van der Waals surface area contributed by atoms with Gasteiger partial charge in [-0.25, -0.2) is 4.79 Å². The highest BCUT2D eigenvalue weighted by Gasteiger charge is 2.17. The molecule has 57 heavy (non-hydrogen) atoms. The highest BCUT2D eigenvalue weighted by molar-refractivity contribution is 6.40. The predicted octanol–water partition coefficient (Wildman–Crippen LogP) is 5.91. The Hall–Kier alpha value is -2.08. The zero-order valence-corrected chi connectivity index (χ0v) is 35.1. The van der Waals surface area contributed by atoms with Crippen molar-refractivity contribution >= 4 is 11.8 Å². The van der Waals surface area contributed by atoms with E-state index in [-0.39, 0.29) is 13.2 Å². The molecule has 0 amide bonds. The molecule has 0 N–H and O–H groups in total. The normalized spacial score (nSPS) is 11.4. The number of benzene rings is 1. The number of carbonyl (C=O) groups excluding carboxylic acids is 2. The van der Waals surface area contributed by atoms with E-state index in [9.17, 15) is 9.59 Å². The van der Waals surface area contributed by atoms with Gasteiger partial charge in [-0.1, -0.05) is 101 Å². The van der Waals surface area contributed by atoms with Crippen molar-refractivity contribution in [2.24, 2.45) is 0 Å². The Bertz CT molecular complexity index is 970. The van der Waals surface area contributed by atoms with E-state index in [0.717, 1.165) is 13.0 Å². The molecule has 332 valence electrons. The Morgan fingerprint density at radius 3 is 0.912 bits per heavy atom. The summed E-state index contributed by atoms with van der Waals surface area (Å²) in [5.74, 6) is -1.57. The van der Waals surface area contributed by atoms with Gasteiger partial charge in [0, 0.05) is 12.2 Å². The number of carbonyl (C=O) groups is 2. The number of hydrogen-bond donors (Lipinski definition) is 0. The van der Waals surface area contributed by atoms with Crippen LogP contribution in [0.1, 0.15) is 87.9 Å². The number of hydrogen-bond acceptors (Lipinski definition) is 14. The second-order valence-electron chi connectivity index (χ2n) is 13.1. The summed E-state index contributed by atoms with van der Waals surface area (Å²) in [6.07, 6.45) is 14.8. The van der Waals surface area contributed by atoms with E-state index in [2.05, 4.69) is 6.92 Å². The van der Waals surface area contributed by atoms with Crippen LogP contribution >= 0.6 is 0 Å². The van der Waals surface area contributed by atoms with Crippen molar-refractivity contribution in [3.63, 3.8) is 0 Å². The summed E-state index contributed by atoms with van der Waals surface area (Å²) in [7, 11) is 0. The molecule has 0 heterocycles. The summed E-state index contributed by atoms with van der Waals surface area (Å²) in [6, 6.07) is 8.27. The van der Waals surface area contributed by atoms with Gasteiger partial charge >= 0.3 is 5.97 Å². The number of rotatable bonds is 47. The van der Waals surface area contributed by atoms with E-state index in [1.54, 1.807) is 30.3 Å². The first kappa shape index (κ1) is 52.9. The molecule has 1 aromatic rings. The molecule has 1 aromatic carbocycles. The maximum Gasteiger partial charge on any atom is 0.379 e. The Morgan fingerprint density at radius 2 is 0.596 bits per heavy atom. The van der Waals surface area contributed by atoms with Crippen LogP contribution in [0.5, 0.6) is 0 Å². The monoisotopic (exact) mass is 817 g/mol. The summed E-state index contributed by atoms with van der Waals surface area (Å²) < 4.78 is 65.4. The minimum atomic E-state index is -0.896. The van der Waals surface area contributed by atoms with Crippen molar-refractivity contribution in [3.05, 3.63) is 35.9 Å². The van der Waals surface area contributed by atoms with Gasteiger partial charge in [-0.3, -0.25) is 4.79 Å². The molecule has 0 aliphatic heterocycles. The van der Waals surface area contributed by atoms with Crippen LogP contribution in [-0.2, 0) is 61.6 Å². The zero-order valence-electron chi connectivity index (χ0n) is 35.1. The standard InChI is InChI=1S/C43H76O14/c1-2-3-4-5-6-7-8-9-10-11-15-18-46-19-20-47-21-22-48-23-24-49-25-26-50-27-28-51-29-30-52-31-32-53-33-34-54-35-36-55-37-38-56-39-40-57-43(45)42(44)41-16-13-12-14-17-41/h12-14,16-17H,2-11,15,18-40H2,1H3. The van der Waals surface area contributed by atoms with Gasteiger partial charge in [0.25, 0.3) is 5.78 Å². The van der Waals surface area contributed by atoms with E-state index < -0.39 is 11.8 Å². The predicted molar refractivity (Wildman–Crippen MR) is 217 cm³/mol. The average molecular weight is 817 g/mol. The first-order chi connectivity index (χ1) is 28.3. The molecule has 0 saturated carbocycles. The SMILES string of the molecule is CCCCCCCCCCCCCOCCOCCOCCOCCOCCOCCOCCOCCOCCOCCOCCOC(=O)C(=O)c1ccccc1. The maximum absolute atomic E-state index is 11.9. The topological polar surface area (TPSA) is 145 Å². The number of ketones is 1. The van der Waals surface area contributed by atoms with E-state index in [0.29, 0.717) is 138 Å².